The van der Waals surface area contributed by atoms with Crippen LogP contribution >= 0.6 is 0 Å². The molecule has 0 unspecified atom stereocenters. The molecule has 4 nitrogen and oxygen atoms in total. The minimum absolute atomic E-state index is 0.321. The van der Waals surface area contributed by atoms with E-state index in [2.05, 4.69) is 10.3 Å². The van der Waals surface area contributed by atoms with Gasteiger partial charge < -0.3 is 14.8 Å². The molecule has 1 aromatic rings. The molecule has 0 amide bonds. The van der Waals surface area contributed by atoms with Gasteiger partial charge in [-0.05, 0) is 12.1 Å². The number of hydrogen-bond donors (Lipinski definition) is 1. The van der Waals surface area contributed by atoms with E-state index in [0.717, 1.165) is 38.6 Å². The highest BCUT2D eigenvalue weighted by atomic mass is 16.6. The first kappa shape index (κ1) is 10.5. The maximum atomic E-state index is 5.51. The fourth-order valence-corrected chi connectivity index (χ4v) is 1.33. The lowest BCUT2D eigenvalue weighted by Crippen LogP contribution is -2.37. The van der Waals surface area contributed by atoms with Crippen molar-refractivity contribution in [2.75, 3.05) is 26.4 Å². The highest BCUT2D eigenvalue weighted by Crippen LogP contribution is 2.03. The number of rotatable bonds is 6. The molecule has 2 rings (SSSR count). The quantitative estimate of drug-likeness (QED) is 0.695. The van der Waals surface area contributed by atoms with Crippen LogP contribution in [0, 0.1) is 0 Å². The first-order valence-corrected chi connectivity index (χ1v) is 5.25. The highest BCUT2D eigenvalue weighted by Gasteiger charge is 2.17. The number of hydrogen-bond acceptors (Lipinski definition) is 4. The molecular formula is C11H16N2O2. The first-order chi connectivity index (χ1) is 7.45. The third kappa shape index (κ3) is 3.58. The molecule has 2 heterocycles. The van der Waals surface area contributed by atoms with Crippen molar-refractivity contribution in [1.29, 1.82) is 0 Å². The highest BCUT2D eigenvalue weighted by molar-refractivity contribution is 5.02. The molecule has 4 heteroatoms. The van der Waals surface area contributed by atoms with E-state index in [-0.39, 0.29) is 0 Å². The van der Waals surface area contributed by atoms with Gasteiger partial charge in [0.05, 0.1) is 25.5 Å². The van der Waals surface area contributed by atoms with Gasteiger partial charge in [-0.2, -0.15) is 0 Å². The fourth-order valence-electron chi connectivity index (χ4n) is 1.33. The van der Waals surface area contributed by atoms with Crippen LogP contribution in [0.4, 0.5) is 0 Å². The summed E-state index contributed by atoms with van der Waals surface area (Å²) in [7, 11) is 0. The molecular weight excluding hydrogens is 192 g/mol. The predicted octanol–water partition coefficient (Wildman–Crippen LogP) is 0.587. The van der Waals surface area contributed by atoms with Crippen LogP contribution in [-0.2, 0) is 16.0 Å². The maximum Gasteiger partial charge on any atom is 0.104 e. The van der Waals surface area contributed by atoms with Crippen molar-refractivity contribution < 1.29 is 9.47 Å². The second-order valence-electron chi connectivity index (χ2n) is 3.53. The van der Waals surface area contributed by atoms with Crippen molar-refractivity contribution in [3.63, 3.8) is 0 Å². The van der Waals surface area contributed by atoms with Crippen LogP contribution in [-0.4, -0.2) is 37.5 Å². The van der Waals surface area contributed by atoms with Crippen molar-refractivity contribution in [3.05, 3.63) is 30.1 Å². The molecule has 15 heavy (non-hydrogen) atoms. The van der Waals surface area contributed by atoms with E-state index < -0.39 is 0 Å². The van der Waals surface area contributed by atoms with Crippen LogP contribution in [0.1, 0.15) is 5.69 Å². The van der Waals surface area contributed by atoms with Crippen LogP contribution in [0.2, 0.25) is 0 Å². The van der Waals surface area contributed by atoms with Gasteiger partial charge in [0.1, 0.15) is 6.10 Å². The molecule has 1 aliphatic rings. The van der Waals surface area contributed by atoms with E-state index >= 15 is 0 Å². The van der Waals surface area contributed by atoms with Gasteiger partial charge in [-0.3, -0.25) is 4.98 Å². The zero-order chi connectivity index (χ0) is 10.3. The summed E-state index contributed by atoms with van der Waals surface area (Å²) in [6, 6.07) is 5.92. The zero-order valence-electron chi connectivity index (χ0n) is 8.69. The lowest BCUT2D eigenvalue weighted by molar-refractivity contribution is -0.128. The average molecular weight is 208 g/mol. The van der Waals surface area contributed by atoms with Gasteiger partial charge >= 0.3 is 0 Å². The Labute approximate surface area is 89.6 Å². The third-order valence-electron chi connectivity index (χ3n) is 2.27. The van der Waals surface area contributed by atoms with Crippen molar-refractivity contribution in [2.45, 2.75) is 12.6 Å². The van der Waals surface area contributed by atoms with Crippen LogP contribution in [0.3, 0.4) is 0 Å². The van der Waals surface area contributed by atoms with E-state index in [1.165, 1.54) is 0 Å². The number of aromatic nitrogens is 1. The Bertz CT molecular complexity index is 275. The predicted molar refractivity (Wildman–Crippen MR) is 56.5 cm³/mol. The SMILES string of the molecule is c1ccc(CNCCOC2COC2)nc1. The number of nitrogens with zero attached hydrogens (tertiary/aromatic N) is 1. The van der Waals surface area contributed by atoms with Crippen molar-refractivity contribution in [3.8, 4) is 0 Å². The Morgan fingerprint density at radius 3 is 3.07 bits per heavy atom. The molecule has 0 bridgehead atoms. The van der Waals surface area contributed by atoms with Crippen molar-refractivity contribution in [2.24, 2.45) is 0 Å². The van der Waals surface area contributed by atoms with Crippen molar-refractivity contribution >= 4 is 0 Å². The standard InChI is InChI=1S/C11H16N2O2/c1-2-4-13-10(3-1)7-12-5-6-15-11-8-14-9-11/h1-4,11-12H,5-9H2. The summed E-state index contributed by atoms with van der Waals surface area (Å²) < 4.78 is 10.5. The molecule has 1 aromatic heterocycles. The number of nitrogens with one attached hydrogen (secondary N) is 1. The van der Waals surface area contributed by atoms with Crippen molar-refractivity contribution in [1.82, 2.24) is 10.3 Å². The van der Waals surface area contributed by atoms with Gasteiger partial charge in [0.2, 0.25) is 0 Å². The summed E-state index contributed by atoms with van der Waals surface area (Å²) >= 11 is 0. The van der Waals surface area contributed by atoms with Gasteiger partial charge in [-0.25, -0.2) is 0 Å². The summed E-state index contributed by atoms with van der Waals surface area (Å²) in [5.41, 5.74) is 1.06. The van der Waals surface area contributed by atoms with Crippen LogP contribution in [0.25, 0.3) is 0 Å². The monoisotopic (exact) mass is 208 g/mol. The van der Waals surface area contributed by atoms with Gasteiger partial charge in [-0.1, -0.05) is 6.07 Å². The lowest BCUT2D eigenvalue weighted by Gasteiger charge is -2.25. The summed E-state index contributed by atoms with van der Waals surface area (Å²) in [5, 5.41) is 3.28. The first-order valence-electron chi connectivity index (χ1n) is 5.25. The van der Waals surface area contributed by atoms with E-state index in [1.54, 1.807) is 6.20 Å². The smallest absolute Gasteiger partial charge is 0.104 e. The Hall–Kier alpha value is -0.970. The van der Waals surface area contributed by atoms with Gasteiger partial charge in [0.25, 0.3) is 0 Å². The zero-order valence-corrected chi connectivity index (χ0v) is 8.69. The molecule has 82 valence electrons. The Balaban J connectivity index is 1.51. The maximum absolute atomic E-state index is 5.51. The molecule has 0 saturated carbocycles. The van der Waals surface area contributed by atoms with E-state index in [9.17, 15) is 0 Å². The molecule has 1 saturated heterocycles. The molecule has 1 fully saturated rings. The minimum Gasteiger partial charge on any atom is -0.376 e. The summed E-state index contributed by atoms with van der Waals surface area (Å²) in [4.78, 5) is 4.22. The fraction of sp³-hybridized carbons (Fsp3) is 0.545. The Morgan fingerprint density at radius 2 is 2.40 bits per heavy atom. The summed E-state index contributed by atoms with van der Waals surface area (Å²) in [6.45, 7) is 3.89. The van der Waals surface area contributed by atoms with Crippen LogP contribution in [0.15, 0.2) is 24.4 Å². The topological polar surface area (TPSA) is 43.4 Å². The summed E-state index contributed by atoms with van der Waals surface area (Å²) in [6.07, 6.45) is 2.13. The van der Waals surface area contributed by atoms with Gasteiger partial charge in [0, 0.05) is 19.3 Å². The van der Waals surface area contributed by atoms with Crippen LogP contribution in [0.5, 0.6) is 0 Å². The molecule has 0 atom stereocenters. The normalized spacial score (nSPS) is 16.3. The molecule has 1 aliphatic heterocycles. The molecule has 0 aromatic carbocycles. The molecule has 0 radical (unpaired) electrons. The largest absolute Gasteiger partial charge is 0.376 e. The summed E-state index contributed by atoms with van der Waals surface area (Å²) in [5.74, 6) is 0. The van der Waals surface area contributed by atoms with Crippen LogP contribution < -0.4 is 5.32 Å². The van der Waals surface area contributed by atoms with E-state index in [1.807, 2.05) is 18.2 Å². The minimum atomic E-state index is 0.321. The van der Waals surface area contributed by atoms with Gasteiger partial charge in [-0.15, -0.1) is 0 Å². The average Bonchev–Trinajstić information content (AvgIpc) is 2.22. The molecule has 1 N–H and O–H groups in total. The van der Waals surface area contributed by atoms with E-state index in [0.29, 0.717) is 6.10 Å². The lowest BCUT2D eigenvalue weighted by atomic mass is 10.3. The third-order valence-corrected chi connectivity index (χ3v) is 2.27. The second-order valence-corrected chi connectivity index (χ2v) is 3.53. The Morgan fingerprint density at radius 1 is 1.47 bits per heavy atom. The molecule has 0 spiro atoms. The van der Waals surface area contributed by atoms with E-state index in [4.69, 9.17) is 9.47 Å². The second kappa shape index (κ2) is 5.80. The molecule has 0 aliphatic carbocycles. The Kier molecular flexibility index (Phi) is 4.08. The number of pyridine rings is 1. The van der Waals surface area contributed by atoms with Gasteiger partial charge in [0.15, 0.2) is 0 Å². The number of ether oxygens (including phenoxy) is 2.